The van der Waals surface area contributed by atoms with Gasteiger partial charge in [0, 0.05) is 51.5 Å². The van der Waals surface area contributed by atoms with Gasteiger partial charge >= 0.3 is 0 Å². The number of benzene rings is 1. The van der Waals surface area contributed by atoms with Crippen molar-refractivity contribution in [3.8, 4) is 5.75 Å². The molecular weight excluding hydrogens is 432 g/mol. The van der Waals surface area contributed by atoms with Crippen LogP contribution in [0.25, 0.3) is 0 Å². The van der Waals surface area contributed by atoms with Crippen molar-refractivity contribution >= 4 is 11.8 Å². The summed E-state index contributed by atoms with van der Waals surface area (Å²) in [6.45, 7) is 3.26. The van der Waals surface area contributed by atoms with Crippen molar-refractivity contribution in [3.63, 3.8) is 0 Å². The summed E-state index contributed by atoms with van der Waals surface area (Å²) >= 11 is 0. The van der Waals surface area contributed by atoms with Crippen LogP contribution in [-0.2, 0) is 16.1 Å². The molecule has 2 saturated heterocycles. The summed E-state index contributed by atoms with van der Waals surface area (Å²) in [6.07, 6.45) is 7.48. The third-order valence-electron chi connectivity index (χ3n) is 6.91. The van der Waals surface area contributed by atoms with E-state index in [1.165, 1.54) is 0 Å². The van der Waals surface area contributed by atoms with Crippen LogP contribution in [0, 0.1) is 0 Å². The average Bonchev–Trinajstić information content (AvgIpc) is 2.87. The minimum Gasteiger partial charge on any atom is -0.493 e. The van der Waals surface area contributed by atoms with Crippen molar-refractivity contribution in [2.75, 3.05) is 32.8 Å². The van der Waals surface area contributed by atoms with Gasteiger partial charge in [0.1, 0.15) is 11.8 Å². The molecule has 2 bridgehead atoms. The molecule has 0 aliphatic carbocycles. The zero-order valence-electron chi connectivity index (χ0n) is 19.4. The van der Waals surface area contributed by atoms with E-state index in [2.05, 4.69) is 15.2 Å². The second kappa shape index (κ2) is 10.5. The molecule has 8 heteroatoms. The van der Waals surface area contributed by atoms with Gasteiger partial charge in [-0.2, -0.15) is 0 Å². The van der Waals surface area contributed by atoms with Gasteiger partial charge in [-0.05, 0) is 43.0 Å². The number of carbonyl (C=O) groups is 2. The van der Waals surface area contributed by atoms with Gasteiger partial charge in [-0.1, -0.05) is 18.2 Å². The monoisotopic (exact) mass is 464 g/mol. The van der Waals surface area contributed by atoms with E-state index in [1.54, 1.807) is 17.2 Å². The van der Waals surface area contributed by atoms with Crippen molar-refractivity contribution in [2.45, 2.75) is 50.5 Å². The number of fused-ring (bicyclic) bond motifs is 4. The molecule has 34 heavy (non-hydrogen) atoms. The molecule has 1 aromatic heterocycles. The van der Waals surface area contributed by atoms with Gasteiger partial charge in [-0.15, -0.1) is 0 Å². The maximum absolute atomic E-state index is 13.7. The van der Waals surface area contributed by atoms with Crippen LogP contribution >= 0.6 is 0 Å². The zero-order chi connectivity index (χ0) is 23.3. The molecular formula is C26H32N4O4. The van der Waals surface area contributed by atoms with Crippen molar-refractivity contribution in [2.24, 2.45) is 0 Å². The summed E-state index contributed by atoms with van der Waals surface area (Å²) in [5.41, 5.74) is 1.59. The third-order valence-corrected chi connectivity index (χ3v) is 6.91. The minimum atomic E-state index is -0.590. The number of carbonyl (C=O) groups excluding carboxylic acids is 2. The van der Waals surface area contributed by atoms with E-state index in [9.17, 15) is 9.59 Å². The third kappa shape index (κ3) is 5.23. The fraction of sp³-hybridized carbons (Fsp3) is 0.500. The number of para-hydroxylation sites is 1. The molecule has 0 radical (unpaired) electrons. The normalized spacial score (nSPS) is 26.5. The number of nitrogens with one attached hydrogen (secondary N) is 1. The number of piperazine rings is 1. The quantitative estimate of drug-likeness (QED) is 0.734. The SMILES string of the molecule is O=C1NC[C@@H]2CCC[C@@H](CCOc3ccccc3C(=O)N3CCN(Cc4cccnc4)C[C@@H]13)O2. The first kappa shape index (κ1) is 22.8. The van der Waals surface area contributed by atoms with Gasteiger partial charge in [-0.3, -0.25) is 19.5 Å². The molecule has 2 aromatic rings. The predicted molar refractivity (Wildman–Crippen MR) is 126 cm³/mol. The lowest BCUT2D eigenvalue weighted by Crippen LogP contribution is -2.61. The molecule has 8 nitrogen and oxygen atoms in total. The summed E-state index contributed by atoms with van der Waals surface area (Å²) in [5, 5.41) is 3.09. The predicted octanol–water partition coefficient (Wildman–Crippen LogP) is 2.24. The standard InChI is InChI=1S/C26H32N4O4/c31-25-23-18-29(17-19-5-4-11-27-15-19)12-13-30(23)26(32)22-8-1-2-9-24(22)33-14-10-20-6-3-7-21(34-20)16-28-25/h1-2,4-5,8-9,11,15,20-21,23H,3,6-7,10,12-14,16-18H2,(H,28,31)/t20-,21-,23-/m0/s1. The van der Waals surface area contributed by atoms with E-state index in [0.29, 0.717) is 50.6 Å². The van der Waals surface area contributed by atoms with Crippen LogP contribution < -0.4 is 10.1 Å². The summed E-state index contributed by atoms with van der Waals surface area (Å²) < 4.78 is 12.3. The second-order valence-corrected chi connectivity index (χ2v) is 9.30. The molecule has 1 N–H and O–H groups in total. The molecule has 4 heterocycles. The van der Waals surface area contributed by atoms with E-state index in [1.807, 2.05) is 36.5 Å². The Hall–Kier alpha value is -2.97. The van der Waals surface area contributed by atoms with Gasteiger partial charge in [0.25, 0.3) is 5.91 Å². The maximum Gasteiger partial charge on any atom is 0.258 e. The van der Waals surface area contributed by atoms with Crippen LogP contribution in [0.2, 0.25) is 0 Å². The van der Waals surface area contributed by atoms with Crippen molar-refractivity contribution < 1.29 is 19.1 Å². The highest BCUT2D eigenvalue weighted by Gasteiger charge is 2.37. The Morgan fingerprint density at radius 3 is 2.79 bits per heavy atom. The van der Waals surface area contributed by atoms with Gasteiger partial charge in [-0.25, -0.2) is 0 Å². The van der Waals surface area contributed by atoms with Crippen molar-refractivity contribution in [1.82, 2.24) is 20.1 Å². The van der Waals surface area contributed by atoms with Crippen LogP contribution in [-0.4, -0.2) is 77.6 Å². The topological polar surface area (TPSA) is 84.0 Å². The zero-order valence-corrected chi connectivity index (χ0v) is 19.4. The van der Waals surface area contributed by atoms with E-state index in [-0.39, 0.29) is 24.0 Å². The molecule has 0 spiro atoms. The lowest BCUT2D eigenvalue weighted by Gasteiger charge is -2.41. The second-order valence-electron chi connectivity index (χ2n) is 9.30. The lowest BCUT2D eigenvalue weighted by atomic mass is 10.0. The Morgan fingerprint density at radius 1 is 1.03 bits per heavy atom. The number of aromatic nitrogens is 1. The Morgan fingerprint density at radius 2 is 1.91 bits per heavy atom. The average molecular weight is 465 g/mol. The smallest absolute Gasteiger partial charge is 0.258 e. The van der Waals surface area contributed by atoms with E-state index < -0.39 is 6.04 Å². The Bertz CT molecular complexity index is 1000. The summed E-state index contributed by atoms with van der Waals surface area (Å²) in [6, 6.07) is 10.7. The molecule has 1 aromatic carbocycles. The first-order valence-corrected chi connectivity index (χ1v) is 12.2. The Kier molecular flexibility index (Phi) is 7.06. The summed E-state index contributed by atoms with van der Waals surface area (Å²) in [5.74, 6) is 0.268. The molecule has 5 rings (SSSR count). The summed E-state index contributed by atoms with van der Waals surface area (Å²) in [4.78, 5) is 35.2. The maximum atomic E-state index is 13.7. The fourth-order valence-corrected chi connectivity index (χ4v) is 5.10. The molecule has 0 saturated carbocycles. The van der Waals surface area contributed by atoms with Crippen LogP contribution in [0.4, 0.5) is 0 Å². The van der Waals surface area contributed by atoms with E-state index in [4.69, 9.17) is 9.47 Å². The highest BCUT2D eigenvalue weighted by molar-refractivity contribution is 6.00. The number of ether oxygens (including phenoxy) is 2. The molecule has 3 atom stereocenters. The van der Waals surface area contributed by atoms with Gasteiger partial charge < -0.3 is 19.7 Å². The van der Waals surface area contributed by atoms with Crippen LogP contribution in [0.3, 0.4) is 0 Å². The van der Waals surface area contributed by atoms with Gasteiger partial charge in [0.2, 0.25) is 5.91 Å². The van der Waals surface area contributed by atoms with E-state index in [0.717, 1.165) is 31.2 Å². The first-order chi connectivity index (χ1) is 16.7. The van der Waals surface area contributed by atoms with Gasteiger partial charge in [0.05, 0.1) is 24.4 Å². The molecule has 0 unspecified atom stereocenters. The number of pyridine rings is 1. The number of hydrogen-bond donors (Lipinski definition) is 1. The van der Waals surface area contributed by atoms with E-state index >= 15 is 0 Å². The molecule has 3 aliphatic rings. The minimum absolute atomic E-state index is 0.00262. The number of rotatable bonds is 2. The highest BCUT2D eigenvalue weighted by Crippen LogP contribution is 2.26. The molecule has 2 fully saturated rings. The fourth-order valence-electron chi connectivity index (χ4n) is 5.10. The lowest BCUT2D eigenvalue weighted by molar-refractivity contribution is -0.129. The van der Waals surface area contributed by atoms with Gasteiger partial charge in [0.15, 0.2) is 0 Å². The van der Waals surface area contributed by atoms with Crippen LogP contribution in [0.15, 0.2) is 48.8 Å². The largest absolute Gasteiger partial charge is 0.493 e. The molecule has 3 aliphatic heterocycles. The van der Waals surface area contributed by atoms with Crippen LogP contribution in [0.1, 0.15) is 41.6 Å². The highest BCUT2D eigenvalue weighted by atomic mass is 16.5. The first-order valence-electron chi connectivity index (χ1n) is 12.2. The Labute approximate surface area is 200 Å². The number of hydrogen-bond acceptors (Lipinski definition) is 6. The molecule has 2 amide bonds. The van der Waals surface area contributed by atoms with Crippen molar-refractivity contribution in [1.29, 1.82) is 0 Å². The Balaban J connectivity index is 1.40. The molecule has 180 valence electrons. The van der Waals surface area contributed by atoms with Crippen molar-refractivity contribution in [3.05, 3.63) is 59.9 Å². The number of nitrogens with zero attached hydrogens (tertiary/aromatic N) is 3. The number of amides is 2. The summed E-state index contributed by atoms with van der Waals surface area (Å²) in [7, 11) is 0. The van der Waals surface area contributed by atoms with Crippen LogP contribution in [0.5, 0.6) is 5.75 Å².